The van der Waals surface area contributed by atoms with Crippen LogP contribution in [0.5, 0.6) is 11.5 Å². The van der Waals surface area contributed by atoms with Gasteiger partial charge in [0.25, 0.3) is 5.91 Å². The van der Waals surface area contributed by atoms with E-state index >= 15 is 0 Å². The molecule has 3 aromatic carbocycles. The van der Waals surface area contributed by atoms with Gasteiger partial charge in [-0.05, 0) is 41.8 Å². The Kier molecular flexibility index (Phi) is 6.68. The van der Waals surface area contributed by atoms with Crippen molar-refractivity contribution in [3.8, 4) is 11.5 Å². The zero-order valence-corrected chi connectivity index (χ0v) is 16.2. The minimum absolute atomic E-state index is 0.143. The second kappa shape index (κ2) is 9.60. The Morgan fingerprint density at radius 2 is 1.39 bits per heavy atom. The summed E-state index contributed by atoms with van der Waals surface area (Å²) in [5.74, 6) is 1.32. The minimum Gasteiger partial charge on any atom is -0.497 e. The van der Waals surface area contributed by atoms with Crippen LogP contribution in [0.2, 0.25) is 0 Å². The van der Waals surface area contributed by atoms with E-state index in [-0.39, 0.29) is 11.9 Å². The molecule has 0 aromatic heterocycles. The zero-order chi connectivity index (χ0) is 19.8. The molecule has 2 atom stereocenters. The van der Waals surface area contributed by atoms with Crippen LogP contribution in [0.1, 0.15) is 30.5 Å². The average molecular weight is 375 g/mol. The first-order valence-electron chi connectivity index (χ1n) is 9.42. The molecule has 4 nitrogen and oxygen atoms in total. The van der Waals surface area contributed by atoms with Crippen molar-refractivity contribution >= 4 is 5.91 Å². The summed E-state index contributed by atoms with van der Waals surface area (Å²) in [4.78, 5) is 13.0. The van der Waals surface area contributed by atoms with Crippen molar-refractivity contribution in [2.75, 3.05) is 7.11 Å². The second-order valence-corrected chi connectivity index (χ2v) is 6.45. The maximum atomic E-state index is 13.0. The highest BCUT2D eigenvalue weighted by atomic mass is 16.5. The summed E-state index contributed by atoms with van der Waals surface area (Å²) in [6.45, 7) is 1.94. The number of para-hydroxylation sites is 1. The van der Waals surface area contributed by atoms with Crippen LogP contribution in [0.4, 0.5) is 0 Å². The summed E-state index contributed by atoms with van der Waals surface area (Å²) in [5.41, 5.74) is 1.99. The Bertz CT molecular complexity index is 863. The number of hydrogen-bond acceptors (Lipinski definition) is 3. The van der Waals surface area contributed by atoms with Gasteiger partial charge in [-0.1, -0.05) is 67.6 Å². The Hall–Kier alpha value is -3.27. The Labute approximate surface area is 166 Å². The molecule has 1 N–H and O–H groups in total. The van der Waals surface area contributed by atoms with Crippen molar-refractivity contribution < 1.29 is 14.3 Å². The molecule has 0 saturated heterocycles. The van der Waals surface area contributed by atoms with Gasteiger partial charge in [0.1, 0.15) is 11.5 Å². The SMILES string of the molecule is CC[C@@H](Oc1ccccc1)C(=O)N[C@H](c1ccccc1)c1ccc(OC)cc1. The lowest BCUT2D eigenvalue weighted by molar-refractivity contribution is -0.128. The molecule has 3 aromatic rings. The number of rotatable bonds is 8. The van der Waals surface area contributed by atoms with Gasteiger partial charge >= 0.3 is 0 Å². The molecule has 0 aliphatic rings. The first-order chi connectivity index (χ1) is 13.7. The number of carbonyl (C=O) groups is 1. The predicted octanol–water partition coefficient (Wildman–Crippen LogP) is 4.76. The molecule has 0 spiro atoms. The monoisotopic (exact) mass is 375 g/mol. The van der Waals surface area contributed by atoms with E-state index in [0.29, 0.717) is 12.2 Å². The van der Waals surface area contributed by atoms with E-state index in [9.17, 15) is 4.79 Å². The largest absolute Gasteiger partial charge is 0.497 e. The van der Waals surface area contributed by atoms with E-state index in [4.69, 9.17) is 9.47 Å². The van der Waals surface area contributed by atoms with E-state index in [0.717, 1.165) is 16.9 Å². The first kappa shape index (κ1) is 19.5. The maximum absolute atomic E-state index is 13.0. The fraction of sp³-hybridized carbons (Fsp3) is 0.208. The highest BCUT2D eigenvalue weighted by Crippen LogP contribution is 2.25. The standard InChI is InChI=1S/C24H25NO3/c1-3-22(28-21-12-8-5-9-13-21)24(26)25-23(18-10-6-4-7-11-18)19-14-16-20(27-2)17-15-19/h4-17,22-23H,3H2,1-2H3,(H,25,26)/t22-,23-/m1/s1. The number of carbonyl (C=O) groups excluding carboxylic acids is 1. The van der Waals surface area contributed by atoms with Crippen molar-refractivity contribution in [3.05, 3.63) is 96.1 Å². The molecule has 0 bridgehead atoms. The smallest absolute Gasteiger partial charge is 0.261 e. The number of benzene rings is 3. The Morgan fingerprint density at radius 1 is 0.821 bits per heavy atom. The summed E-state index contributed by atoms with van der Waals surface area (Å²) in [6.07, 6.45) is 0.0112. The molecule has 4 heteroatoms. The van der Waals surface area contributed by atoms with Gasteiger partial charge in [0.2, 0.25) is 0 Å². The molecule has 144 valence electrons. The van der Waals surface area contributed by atoms with Crippen LogP contribution in [-0.2, 0) is 4.79 Å². The van der Waals surface area contributed by atoms with Crippen LogP contribution in [0.3, 0.4) is 0 Å². The lowest BCUT2D eigenvalue weighted by atomic mass is 9.98. The second-order valence-electron chi connectivity index (χ2n) is 6.45. The molecule has 3 rings (SSSR count). The van der Waals surface area contributed by atoms with Crippen LogP contribution in [-0.4, -0.2) is 19.1 Å². The van der Waals surface area contributed by atoms with Crippen LogP contribution in [0.25, 0.3) is 0 Å². The zero-order valence-electron chi connectivity index (χ0n) is 16.2. The lowest BCUT2D eigenvalue weighted by Gasteiger charge is -2.24. The van der Waals surface area contributed by atoms with Crippen molar-refractivity contribution in [2.24, 2.45) is 0 Å². The number of hydrogen-bond donors (Lipinski definition) is 1. The number of methoxy groups -OCH3 is 1. The maximum Gasteiger partial charge on any atom is 0.261 e. The van der Waals surface area contributed by atoms with Crippen molar-refractivity contribution in [2.45, 2.75) is 25.5 Å². The summed E-state index contributed by atoms with van der Waals surface area (Å²) < 4.78 is 11.2. The topological polar surface area (TPSA) is 47.6 Å². The van der Waals surface area contributed by atoms with E-state index in [1.807, 2.05) is 91.9 Å². The Morgan fingerprint density at radius 3 is 1.96 bits per heavy atom. The number of amides is 1. The van der Waals surface area contributed by atoms with Crippen LogP contribution in [0.15, 0.2) is 84.9 Å². The fourth-order valence-corrected chi connectivity index (χ4v) is 3.02. The molecule has 28 heavy (non-hydrogen) atoms. The van der Waals surface area contributed by atoms with Gasteiger partial charge in [-0.3, -0.25) is 4.79 Å². The first-order valence-corrected chi connectivity index (χ1v) is 9.42. The molecular formula is C24H25NO3. The van der Waals surface area contributed by atoms with Gasteiger partial charge in [0.05, 0.1) is 13.2 Å². The number of nitrogens with one attached hydrogen (secondary N) is 1. The highest BCUT2D eigenvalue weighted by Gasteiger charge is 2.23. The Balaban J connectivity index is 1.82. The van der Waals surface area contributed by atoms with Crippen LogP contribution >= 0.6 is 0 Å². The molecule has 0 fully saturated rings. The van der Waals surface area contributed by atoms with E-state index in [1.54, 1.807) is 7.11 Å². The fourth-order valence-electron chi connectivity index (χ4n) is 3.02. The van der Waals surface area contributed by atoms with Gasteiger partial charge < -0.3 is 14.8 Å². The summed E-state index contributed by atoms with van der Waals surface area (Å²) in [5, 5.41) is 3.15. The normalized spacial score (nSPS) is 12.6. The quantitative estimate of drug-likeness (QED) is 0.618. The molecular weight excluding hydrogens is 350 g/mol. The highest BCUT2D eigenvalue weighted by molar-refractivity contribution is 5.82. The van der Waals surface area contributed by atoms with Gasteiger partial charge in [0, 0.05) is 0 Å². The summed E-state index contributed by atoms with van der Waals surface area (Å²) in [6, 6.07) is 26.8. The van der Waals surface area contributed by atoms with Crippen LogP contribution < -0.4 is 14.8 Å². The molecule has 0 aliphatic carbocycles. The molecule has 0 radical (unpaired) electrons. The van der Waals surface area contributed by atoms with Crippen molar-refractivity contribution in [1.82, 2.24) is 5.32 Å². The van der Waals surface area contributed by atoms with E-state index in [2.05, 4.69) is 5.32 Å². The third-order valence-corrected chi connectivity index (χ3v) is 4.55. The molecule has 0 unspecified atom stereocenters. The van der Waals surface area contributed by atoms with E-state index < -0.39 is 6.10 Å². The third-order valence-electron chi connectivity index (χ3n) is 4.55. The van der Waals surface area contributed by atoms with Gasteiger partial charge in [-0.25, -0.2) is 0 Å². The van der Waals surface area contributed by atoms with Gasteiger partial charge in [0.15, 0.2) is 6.10 Å². The molecule has 0 heterocycles. The van der Waals surface area contributed by atoms with Crippen LogP contribution in [0, 0.1) is 0 Å². The molecule has 1 amide bonds. The van der Waals surface area contributed by atoms with Crippen molar-refractivity contribution in [3.63, 3.8) is 0 Å². The predicted molar refractivity (Wildman–Crippen MR) is 111 cm³/mol. The van der Waals surface area contributed by atoms with Gasteiger partial charge in [-0.15, -0.1) is 0 Å². The third kappa shape index (κ3) is 4.92. The molecule has 0 saturated carbocycles. The summed E-state index contributed by atoms with van der Waals surface area (Å²) in [7, 11) is 1.64. The van der Waals surface area contributed by atoms with E-state index in [1.165, 1.54) is 0 Å². The minimum atomic E-state index is -0.563. The van der Waals surface area contributed by atoms with Gasteiger partial charge in [-0.2, -0.15) is 0 Å². The molecule has 0 aliphatic heterocycles. The number of ether oxygens (including phenoxy) is 2. The van der Waals surface area contributed by atoms with Crippen molar-refractivity contribution in [1.29, 1.82) is 0 Å². The lowest BCUT2D eigenvalue weighted by Crippen LogP contribution is -2.40. The summed E-state index contributed by atoms with van der Waals surface area (Å²) >= 11 is 0. The average Bonchev–Trinajstić information content (AvgIpc) is 2.77.